The summed E-state index contributed by atoms with van der Waals surface area (Å²) in [5.74, 6) is 1.10. The van der Waals surface area contributed by atoms with Gasteiger partial charge in [-0.2, -0.15) is 0 Å². The summed E-state index contributed by atoms with van der Waals surface area (Å²) in [7, 11) is 0. The molecule has 3 aromatic rings. The molecule has 4 heterocycles. The number of hydrogen-bond acceptors (Lipinski definition) is 5. The van der Waals surface area contributed by atoms with Gasteiger partial charge in [0, 0.05) is 40.8 Å². The molecule has 0 aliphatic carbocycles. The molecule has 0 atom stereocenters. The van der Waals surface area contributed by atoms with Crippen molar-refractivity contribution in [3.63, 3.8) is 0 Å². The molecule has 3 aromatic heterocycles. The van der Waals surface area contributed by atoms with Crippen molar-refractivity contribution in [2.24, 2.45) is 0 Å². The number of aromatic nitrogens is 2. The van der Waals surface area contributed by atoms with Gasteiger partial charge >= 0.3 is 0 Å². The highest BCUT2D eigenvalue weighted by Gasteiger charge is 2.22. The van der Waals surface area contributed by atoms with E-state index in [1.807, 2.05) is 0 Å². The largest absolute Gasteiger partial charge is 0.461 e. The molecule has 0 fully saturated rings. The average Bonchev–Trinajstić information content (AvgIpc) is 3.20. The standard InChI is InChI=1S/C16H14BrN3O2S/c17-10-6-11(23-9-10)7-20-4-3-13-12(8-20)16(21)19-15(18-13)14-2-1-5-22-14/h1-2,5-6,9H,3-4,7-8H2,(H,18,19,21). The van der Waals surface area contributed by atoms with E-state index in [2.05, 4.69) is 42.2 Å². The van der Waals surface area contributed by atoms with Crippen molar-refractivity contribution in [3.05, 3.63) is 60.8 Å². The third-order valence-electron chi connectivity index (χ3n) is 3.90. The zero-order valence-electron chi connectivity index (χ0n) is 12.2. The molecule has 23 heavy (non-hydrogen) atoms. The first-order chi connectivity index (χ1) is 11.2. The van der Waals surface area contributed by atoms with Crippen LogP contribution in [0.25, 0.3) is 11.6 Å². The number of furan rings is 1. The van der Waals surface area contributed by atoms with E-state index in [1.165, 1.54) is 4.88 Å². The van der Waals surface area contributed by atoms with Gasteiger partial charge in [0.15, 0.2) is 11.6 Å². The Bertz CT molecular complexity index is 885. The van der Waals surface area contributed by atoms with E-state index in [4.69, 9.17) is 4.42 Å². The second-order valence-corrected chi connectivity index (χ2v) is 7.42. The van der Waals surface area contributed by atoms with Crippen LogP contribution in [-0.2, 0) is 19.5 Å². The minimum Gasteiger partial charge on any atom is -0.461 e. The molecule has 1 aliphatic heterocycles. The Balaban J connectivity index is 1.59. The predicted molar refractivity (Wildman–Crippen MR) is 92.4 cm³/mol. The Morgan fingerprint density at radius 3 is 3.13 bits per heavy atom. The van der Waals surface area contributed by atoms with Crippen LogP contribution in [0.1, 0.15) is 16.1 Å². The van der Waals surface area contributed by atoms with Gasteiger partial charge in [-0.1, -0.05) is 0 Å². The lowest BCUT2D eigenvalue weighted by atomic mass is 10.1. The van der Waals surface area contributed by atoms with Gasteiger partial charge in [0.05, 0.1) is 17.5 Å². The Morgan fingerprint density at radius 1 is 1.48 bits per heavy atom. The smallest absolute Gasteiger partial charge is 0.256 e. The maximum Gasteiger partial charge on any atom is 0.256 e. The van der Waals surface area contributed by atoms with Crippen molar-refractivity contribution in [2.45, 2.75) is 19.5 Å². The van der Waals surface area contributed by atoms with E-state index in [-0.39, 0.29) is 5.56 Å². The average molecular weight is 392 g/mol. The number of rotatable bonds is 3. The normalized spacial score (nSPS) is 14.8. The number of hydrogen-bond donors (Lipinski definition) is 1. The first-order valence-corrected chi connectivity index (χ1v) is 8.97. The lowest BCUT2D eigenvalue weighted by Crippen LogP contribution is -2.35. The molecule has 0 unspecified atom stereocenters. The summed E-state index contributed by atoms with van der Waals surface area (Å²) in [6.07, 6.45) is 2.36. The first-order valence-electron chi connectivity index (χ1n) is 7.30. The topological polar surface area (TPSA) is 62.1 Å². The summed E-state index contributed by atoms with van der Waals surface area (Å²) >= 11 is 5.21. The molecule has 0 saturated carbocycles. The molecule has 0 saturated heterocycles. The van der Waals surface area contributed by atoms with Gasteiger partial charge in [0.1, 0.15) is 0 Å². The lowest BCUT2D eigenvalue weighted by molar-refractivity contribution is 0.244. The monoisotopic (exact) mass is 391 g/mol. The van der Waals surface area contributed by atoms with Gasteiger partial charge in [-0.05, 0) is 34.1 Å². The van der Waals surface area contributed by atoms with E-state index in [9.17, 15) is 4.79 Å². The zero-order valence-corrected chi connectivity index (χ0v) is 14.6. The van der Waals surface area contributed by atoms with Crippen molar-refractivity contribution >= 4 is 27.3 Å². The SMILES string of the molecule is O=c1[nH]c(-c2ccco2)nc2c1CN(Cc1cc(Br)cs1)CC2. The molecular formula is C16H14BrN3O2S. The molecule has 0 bridgehead atoms. The molecule has 0 spiro atoms. The molecule has 7 heteroatoms. The number of thiophene rings is 1. The number of aromatic amines is 1. The van der Waals surface area contributed by atoms with E-state index in [0.29, 0.717) is 18.1 Å². The number of nitrogens with zero attached hydrogens (tertiary/aromatic N) is 2. The highest BCUT2D eigenvalue weighted by atomic mass is 79.9. The van der Waals surface area contributed by atoms with Gasteiger partial charge in [-0.25, -0.2) is 4.98 Å². The molecule has 5 nitrogen and oxygen atoms in total. The van der Waals surface area contributed by atoms with Crippen LogP contribution in [0.3, 0.4) is 0 Å². The van der Waals surface area contributed by atoms with Crippen molar-refractivity contribution in [3.8, 4) is 11.6 Å². The van der Waals surface area contributed by atoms with Crippen LogP contribution >= 0.6 is 27.3 Å². The zero-order chi connectivity index (χ0) is 15.8. The van der Waals surface area contributed by atoms with Crippen molar-refractivity contribution in [1.82, 2.24) is 14.9 Å². The minimum atomic E-state index is -0.0709. The fourth-order valence-corrected chi connectivity index (χ4v) is 4.30. The Hall–Kier alpha value is -1.70. The third-order valence-corrected chi connectivity index (χ3v) is 5.59. The van der Waals surface area contributed by atoms with Gasteiger partial charge in [-0.3, -0.25) is 9.69 Å². The minimum absolute atomic E-state index is 0.0709. The second kappa shape index (κ2) is 6.07. The Morgan fingerprint density at radius 2 is 2.39 bits per heavy atom. The van der Waals surface area contributed by atoms with Crippen molar-refractivity contribution in [1.29, 1.82) is 0 Å². The van der Waals surface area contributed by atoms with Crippen LogP contribution in [0.2, 0.25) is 0 Å². The number of H-pyrrole nitrogens is 1. The van der Waals surface area contributed by atoms with Crippen LogP contribution in [0.15, 0.2) is 43.5 Å². The summed E-state index contributed by atoms with van der Waals surface area (Å²) in [6.45, 7) is 2.39. The van der Waals surface area contributed by atoms with Crippen LogP contribution in [0.5, 0.6) is 0 Å². The van der Waals surface area contributed by atoms with Gasteiger partial charge in [0.25, 0.3) is 5.56 Å². The quantitative estimate of drug-likeness (QED) is 0.742. The Kier molecular flexibility index (Phi) is 3.92. The summed E-state index contributed by atoms with van der Waals surface area (Å²) in [6, 6.07) is 5.72. The van der Waals surface area contributed by atoms with Crippen LogP contribution in [0, 0.1) is 0 Å². The van der Waals surface area contributed by atoms with E-state index in [1.54, 1.807) is 29.7 Å². The van der Waals surface area contributed by atoms with E-state index in [0.717, 1.165) is 35.2 Å². The summed E-state index contributed by atoms with van der Waals surface area (Å²) in [4.78, 5) is 23.4. The molecule has 118 valence electrons. The summed E-state index contributed by atoms with van der Waals surface area (Å²) in [5, 5.41) is 2.08. The first kappa shape index (κ1) is 14.9. The summed E-state index contributed by atoms with van der Waals surface area (Å²) < 4.78 is 6.43. The van der Waals surface area contributed by atoms with E-state index < -0.39 is 0 Å². The van der Waals surface area contributed by atoms with Crippen molar-refractivity contribution < 1.29 is 4.42 Å². The highest BCUT2D eigenvalue weighted by Crippen LogP contribution is 2.24. The third kappa shape index (κ3) is 3.04. The molecule has 1 N–H and O–H groups in total. The van der Waals surface area contributed by atoms with Gasteiger partial charge in [0.2, 0.25) is 0 Å². The fourth-order valence-electron chi connectivity index (χ4n) is 2.80. The van der Waals surface area contributed by atoms with E-state index >= 15 is 0 Å². The Labute approximate surface area is 145 Å². The molecule has 0 radical (unpaired) electrons. The fraction of sp³-hybridized carbons (Fsp3) is 0.250. The predicted octanol–water partition coefficient (Wildman–Crippen LogP) is 3.41. The number of halogens is 1. The molecular weight excluding hydrogens is 378 g/mol. The maximum absolute atomic E-state index is 12.4. The number of nitrogens with one attached hydrogen (secondary N) is 1. The number of fused-ring (bicyclic) bond motifs is 1. The van der Waals surface area contributed by atoms with Crippen LogP contribution in [0.4, 0.5) is 0 Å². The lowest BCUT2D eigenvalue weighted by Gasteiger charge is -2.27. The van der Waals surface area contributed by atoms with Crippen molar-refractivity contribution in [2.75, 3.05) is 6.54 Å². The van der Waals surface area contributed by atoms with Gasteiger partial charge in [-0.15, -0.1) is 11.3 Å². The molecule has 0 aromatic carbocycles. The summed E-state index contributed by atoms with van der Waals surface area (Å²) in [5.41, 5.74) is 1.57. The van der Waals surface area contributed by atoms with Crippen LogP contribution in [-0.4, -0.2) is 21.4 Å². The molecule has 1 aliphatic rings. The van der Waals surface area contributed by atoms with Crippen LogP contribution < -0.4 is 5.56 Å². The highest BCUT2D eigenvalue weighted by molar-refractivity contribution is 9.10. The molecule has 4 rings (SSSR count). The maximum atomic E-state index is 12.4. The second-order valence-electron chi connectivity index (χ2n) is 5.51. The van der Waals surface area contributed by atoms with Gasteiger partial charge < -0.3 is 9.40 Å². The molecule has 0 amide bonds.